The largest absolute Gasteiger partial charge is 0.481 e. The molecule has 224 valence electrons. The van der Waals surface area contributed by atoms with Crippen molar-refractivity contribution in [3.8, 4) is 0 Å². The number of fused-ring (bicyclic) bond motifs is 1. The maximum Gasteiger partial charge on any atom is 0.326 e. The van der Waals surface area contributed by atoms with E-state index in [0.717, 1.165) is 10.9 Å². The van der Waals surface area contributed by atoms with Crippen LogP contribution >= 0.6 is 0 Å². The van der Waals surface area contributed by atoms with Gasteiger partial charge in [-0.3, -0.25) is 24.0 Å². The molecule has 3 aromatic rings. The highest BCUT2D eigenvalue weighted by molar-refractivity contribution is 5.96. The quantitative estimate of drug-likeness (QED) is 0.0918. The van der Waals surface area contributed by atoms with E-state index in [0.29, 0.717) is 11.3 Å². The molecule has 11 N–H and O–H groups in total. The first kappa shape index (κ1) is 31.3. The molecule has 1 aromatic carbocycles. The number of nitrogens with one attached hydrogen (secondary N) is 5. The van der Waals surface area contributed by atoms with Crippen molar-refractivity contribution >= 4 is 46.5 Å². The van der Waals surface area contributed by atoms with E-state index >= 15 is 0 Å². The number of aliphatic carboxylic acids is 2. The summed E-state index contributed by atoms with van der Waals surface area (Å²) in [6.07, 6.45) is 2.80. The number of carbonyl (C=O) groups is 6. The molecule has 4 atom stereocenters. The number of nitrogens with zero attached hydrogens (tertiary/aromatic N) is 1. The van der Waals surface area contributed by atoms with Gasteiger partial charge in [-0.2, -0.15) is 0 Å². The predicted octanol–water partition coefficient (Wildman–Crippen LogP) is -1.72. The van der Waals surface area contributed by atoms with E-state index in [9.17, 15) is 33.9 Å². The first-order valence-corrected chi connectivity index (χ1v) is 12.9. The number of primary amides is 1. The van der Waals surface area contributed by atoms with Gasteiger partial charge in [-0.15, -0.1) is 0 Å². The molecule has 0 aliphatic heterocycles. The van der Waals surface area contributed by atoms with E-state index in [1.165, 1.54) is 12.5 Å². The highest BCUT2D eigenvalue weighted by Crippen LogP contribution is 2.19. The summed E-state index contributed by atoms with van der Waals surface area (Å²) in [5.41, 5.74) is 13.1. The van der Waals surface area contributed by atoms with E-state index in [4.69, 9.17) is 16.6 Å². The molecular formula is C26H32N8O8. The van der Waals surface area contributed by atoms with Crippen molar-refractivity contribution in [2.24, 2.45) is 11.5 Å². The molecule has 16 heteroatoms. The number of aromatic nitrogens is 3. The lowest BCUT2D eigenvalue weighted by molar-refractivity contribution is -0.142. The van der Waals surface area contributed by atoms with Gasteiger partial charge in [0.2, 0.25) is 23.6 Å². The van der Waals surface area contributed by atoms with Gasteiger partial charge in [0, 0.05) is 48.3 Å². The van der Waals surface area contributed by atoms with Crippen LogP contribution in [0.25, 0.3) is 10.9 Å². The Morgan fingerprint density at radius 2 is 1.55 bits per heavy atom. The third-order valence-electron chi connectivity index (χ3n) is 6.36. The minimum atomic E-state index is -1.62. The highest BCUT2D eigenvalue weighted by atomic mass is 16.4. The number of amides is 4. The second kappa shape index (κ2) is 14.4. The number of hydrogen-bond donors (Lipinski definition) is 9. The number of H-pyrrole nitrogens is 2. The fourth-order valence-corrected chi connectivity index (χ4v) is 4.22. The molecule has 2 aromatic heterocycles. The number of carboxylic acids is 2. The van der Waals surface area contributed by atoms with Crippen LogP contribution in [-0.4, -0.2) is 84.9 Å². The van der Waals surface area contributed by atoms with Crippen LogP contribution in [-0.2, 0) is 41.6 Å². The number of benzene rings is 1. The van der Waals surface area contributed by atoms with Gasteiger partial charge < -0.3 is 47.6 Å². The van der Waals surface area contributed by atoms with Crippen molar-refractivity contribution in [3.05, 3.63) is 54.2 Å². The maximum atomic E-state index is 13.1. The van der Waals surface area contributed by atoms with Crippen molar-refractivity contribution in [1.29, 1.82) is 0 Å². The standard InChI is InChI=1S/C26H32N8O8/c27-16(8-14-11-29-12-31-14)23(38)32-18(5-6-22(36)37)24(39)33-19(9-21(28)35)25(40)34-20(26(41)42)7-13-10-30-17-4-2-1-3-15(13)17/h1-4,10-12,16,18-20,30H,5-9,27H2,(H2,28,35)(H,29,31)(H,32,38)(H,33,39)(H,34,40)(H,36,37)(H,41,42). The Hall–Kier alpha value is -5.25. The molecule has 0 bridgehead atoms. The van der Waals surface area contributed by atoms with Crippen LogP contribution in [0.15, 0.2) is 43.0 Å². The number of para-hydroxylation sites is 1. The van der Waals surface area contributed by atoms with Crippen LogP contribution in [0.5, 0.6) is 0 Å². The van der Waals surface area contributed by atoms with Gasteiger partial charge in [0.05, 0.1) is 18.8 Å². The summed E-state index contributed by atoms with van der Waals surface area (Å²) in [5, 5.41) is 26.6. The van der Waals surface area contributed by atoms with E-state index in [-0.39, 0.29) is 19.3 Å². The third-order valence-corrected chi connectivity index (χ3v) is 6.36. The summed E-state index contributed by atoms with van der Waals surface area (Å²) < 4.78 is 0. The van der Waals surface area contributed by atoms with Crippen molar-refractivity contribution in [2.75, 3.05) is 0 Å². The Labute approximate surface area is 238 Å². The Morgan fingerprint density at radius 1 is 0.881 bits per heavy atom. The summed E-state index contributed by atoms with van der Waals surface area (Å²) in [5.74, 6) is -6.40. The van der Waals surface area contributed by atoms with Gasteiger partial charge in [0.15, 0.2) is 0 Å². The number of rotatable bonds is 16. The molecule has 16 nitrogen and oxygen atoms in total. The monoisotopic (exact) mass is 584 g/mol. The van der Waals surface area contributed by atoms with Gasteiger partial charge >= 0.3 is 11.9 Å². The number of nitrogens with two attached hydrogens (primary N) is 2. The first-order chi connectivity index (χ1) is 19.9. The molecule has 2 heterocycles. The molecule has 42 heavy (non-hydrogen) atoms. The Kier molecular flexibility index (Phi) is 10.7. The molecule has 0 fully saturated rings. The number of carbonyl (C=O) groups excluding carboxylic acids is 4. The average Bonchev–Trinajstić information content (AvgIpc) is 3.59. The van der Waals surface area contributed by atoms with Crippen molar-refractivity contribution in [3.63, 3.8) is 0 Å². The molecule has 0 saturated carbocycles. The lowest BCUT2D eigenvalue weighted by Gasteiger charge is -2.24. The number of imidazole rings is 1. The summed E-state index contributed by atoms with van der Waals surface area (Å²) in [7, 11) is 0. The van der Waals surface area contributed by atoms with Crippen LogP contribution < -0.4 is 27.4 Å². The van der Waals surface area contributed by atoms with Crippen LogP contribution in [0.2, 0.25) is 0 Å². The van der Waals surface area contributed by atoms with Gasteiger partial charge in [-0.05, 0) is 18.1 Å². The topological polar surface area (TPSA) is 275 Å². The molecule has 0 spiro atoms. The van der Waals surface area contributed by atoms with E-state index < -0.39 is 72.6 Å². The van der Waals surface area contributed by atoms with E-state index in [2.05, 4.69) is 30.9 Å². The van der Waals surface area contributed by atoms with Crippen LogP contribution in [0.1, 0.15) is 30.5 Å². The lowest BCUT2D eigenvalue weighted by Crippen LogP contribution is -2.58. The number of aromatic amines is 2. The Bertz CT molecular complexity index is 1440. The Balaban J connectivity index is 1.72. The van der Waals surface area contributed by atoms with Gasteiger partial charge in [-0.1, -0.05) is 18.2 Å². The maximum absolute atomic E-state index is 13.1. The lowest BCUT2D eigenvalue weighted by atomic mass is 10.0. The SMILES string of the molecule is NC(=O)CC(NC(=O)C(CCC(=O)O)NC(=O)C(N)Cc1cnc[nH]1)C(=O)NC(Cc1c[nH]c2ccccc12)C(=O)O. The number of carboxylic acid groups (broad SMARTS) is 2. The smallest absolute Gasteiger partial charge is 0.326 e. The summed E-state index contributed by atoms with van der Waals surface area (Å²) >= 11 is 0. The van der Waals surface area contributed by atoms with Gasteiger partial charge in [-0.25, -0.2) is 9.78 Å². The van der Waals surface area contributed by atoms with E-state index in [1.54, 1.807) is 30.5 Å². The summed E-state index contributed by atoms with van der Waals surface area (Å²) in [6, 6.07) is 1.52. The van der Waals surface area contributed by atoms with E-state index in [1.807, 2.05) is 0 Å². The van der Waals surface area contributed by atoms with Crippen LogP contribution in [0.3, 0.4) is 0 Å². The van der Waals surface area contributed by atoms with Gasteiger partial charge in [0.1, 0.15) is 18.1 Å². The average molecular weight is 585 g/mol. The molecule has 4 amide bonds. The zero-order chi connectivity index (χ0) is 30.8. The van der Waals surface area contributed by atoms with Crippen molar-refractivity contribution in [1.82, 2.24) is 30.9 Å². The fourth-order valence-electron chi connectivity index (χ4n) is 4.22. The van der Waals surface area contributed by atoms with Crippen LogP contribution in [0.4, 0.5) is 0 Å². The summed E-state index contributed by atoms with van der Waals surface area (Å²) in [4.78, 5) is 83.4. The zero-order valence-corrected chi connectivity index (χ0v) is 22.3. The highest BCUT2D eigenvalue weighted by Gasteiger charge is 2.32. The number of hydrogen-bond acceptors (Lipinski definition) is 8. The van der Waals surface area contributed by atoms with Gasteiger partial charge in [0.25, 0.3) is 0 Å². The Morgan fingerprint density at radius 3 is 2.19 bits per heavy atom. The molecule has 0 saturated heterocycles. The van der Waals surface area contributed by atoms with Crippen LogP contribution in [0, 0.1) is 0 Å². The van der Waals surface area contributed by atoms with Crippen molar-refractivity contribution in [2.45, 2.75) is 56.3 Å². The third kappa shape index (κ3) is 8.88. The van der Waals surface area contributed by atoms with Crippen molar-refractivity contribution < 1.29 is 39.0 Å². The first-order valence-electron chi connectivity index (χ1n) is 12.9. The second-order valence-corrected chi connectivity index (χ2v) is 9.58. The predicted molar refractivity (Wildman–Crippen MR) is 146 cm³/mol. The minimum absolute atomic E-state index is 0.0405. The molecule has 0 radical (unpaired) electrons. The minimum Gasteiger partial charge on any atom is -0.481 e. The summed E-state index contributed by atoms with van der Waals surface area (Å²) in [6.45, 7) is 0. The fraction of sp³-hybridized carbons (Fsp3) is 0.346. The molecule has 0 aliphatic rings. The molecule has 4 unspecified atom stereocenters. The zero-order valence-electron chi connectivity index (χ0n) is 22.3. The normalized spacial score (nSPS) is 13.8. The molecular weight excluding hydrogens is 552 g/mol. The molecule has 3 rings (SSSR count). The second-order valence-electron chi connectivity index (χ2n) is 9.58. The molecule has 0 aliphatic carbocycles.